The van der Waals surface area contributed by atoms with Gasteiger partial charge in [-0.05, 0) is 197 Å². The van der Waals surface area contributed by atoms with Gasteiger partial charge >= 0.3 is 0 Å². The minimum absolute atomic E-state index is 0.0808. The van der Waals surface area contributed by atoms with Gasteiger partial charge in [-0.1, -0.05) is 130 Å². The maximum absolute atomic E-state index is 2.75. The molecule has 11 rings (SSSR count). The first kappa shape index (κ1) is 44.7. The van der Waals surface area contributed by atoms with Crippen LogP contribution in [0.15, 0.2) is 108 Å². The number of nitrogens with zero attached hydrogens (tertiary/aromatic N) is 2. The molecule has 4 heteroatoms. The summed E-state index contributed by atoms with van der Waals surface area (Å²) in [6, 6.07) is 33.9. The number of hydrogen-bond acceptors (Lipinski definition) is 3. The summed E-state index contributed by atoms with van der Waals surface area (Å²) in [4.78, 5) is 5.45. The van der Waals surface area contributed by atoms with Crippen molar-refractivity contribution in [2.45, 2.75) is 165 Å². The van der Waals surface area contributed by atoms with Crippen molar-refractivity contribution in [3.63, 3.8) is 0 Å². The summed E-state index contributed by atoms with van der Waals surface area (Å²) in [7, 11) is 0. The fourth-order valence-corrected chi connectivity index (χ4v) is 14.7. The molecule has 0 fully saturated rings. The third kappa shape index (κ3) is 6.68. The predicted octanol–water partition coefficient (Wildman–Crippen LogP) is 16.5. The molecule has 3 heterocycles. The minimum Gasteiger partial charge on any atom is -0.314 e. The van der Waals surface area contributed by atoms with E-state index in [0.717, 1.165) is 0 Å². The number of benzene rings is 5. The van der Waals surface area contributed by atoms with Gasteiger partial charge in [-0.15, -0.1) is 11.3 Å². The molecule has 5 aliphatic rings. The maximum Gasteiger partial charge on any atom is 0.264 e. The highest BCUT2D eigenvalue weighted by molar-refractivity contribution is 7.33. The molecule has 1 unspecified atom stereocenters. The Morgan fingerprint density at radius 3 is 1.96 bits per heavy atom. The predicted molar refractivity (Wildman–Crippen MR) is 294 cm³/mol. The van der Waals surface area contributed by atoms with E-state index < -0.39 is 0 Å². The Balaban J connectivity index is 1.28. The van der Waals surface area contributed by atoms with Crippen LogP contribution in [0.3, 0.4) is 0 Å². The molecular formula is C63H73BN2S. The second kappa shape index (κ2) is 14.9. The number of anilines is 5. The molecule has 0 N–H and O–H groups in total. The van der Waals surface area contributed by atoms with Gasteiger partial charge in [0.25, 0.3) is 6.71 Å². The molecule has 0 spiro atoms. The Bertz CT molecular complexity index is 3140. The van der Waals surface area contributed by atoms with Crippen molar-refractivity contribution in [2.24, 2.45) is 10.8 Å². The Hall–Kier alpha value is -4.80. The van der Waals surface area contributed by atoms with Crippen molar-refractivity contribution in [2.75, 3.05) is 9.80 Å². The molecule has 0 saturated carbocycles. The average molecular weight is 901 g/mol. The van der Waals surface area contributed by atoms with Crippen molar-refractivity contribution in [1.29, 1.82) is 0 Å². The van der Waals surface area contributed by atoms with E-state index in [9.17, 15) is 0 Å². The van der Waals surface area contributed by atoms with E-state index in [1.54, 1.807) is 11.1 Å². The first-order valence-electron chi connectivity index (χ1n) is 25.6. The molecule has 1 aromatic heterocycles. The van der Waals surface area contributed by atoms with Crippen molar-refractivity contribution >= 4 is 72.3 Å². The van der Waals surface area contributed by atoms with Crippen molar-refractivity contribution < 1.29 is 0 Å². The van der Waals surface area contributed by atoms with Crippen LogP contribution in [0.2, 0.25) is 0 Å². The third-order valence-corrected chi connectivity index (χ3v) is 19.4. The molecule has 67 heavy (non-hydrogen) atoms. The van der Waals surface area contributed by atoms with Crippen LogP contribution >= 0.6 is 11.3 Å². The van der Waals surface area contributed by atoms with Crippen LogP contribution < -0.4 is 25.5 Å². The number of hydrogen-bond donors (Lipinski definition) is 0. The minimum atomic E-state index is 0.0808. The lowest BCUT2D eigenvalue weighted by atomic mass is 9.35. The van der Waals surface area contributed by atoms with E-state index in [0.29, 0.717) is 5.92 Å². The molecule has 6 aromatic rings. The van der Waals surface area contributed by atoms with Crippen molar-refractivity contribution in [1.82, 2.24) is 0 Å². The van der Waals surface area contributed by atoms with E-state index >= 15 is 0 Å². The van der Waals surface area contributed by atoms with E-state index in [1.807, 2.05) is 0 Å². The molecular weight excluding hydrogens is 828 g/mol. The molecule has 0 radical (unpaired) electrons. The molecule has 0 saturated heterocycles. The summed E-state index contributed by atoms with van der Waals surface area (Å²) in [5.41, 5.74) is 25.7. The van der Waals surface area contributed by atoms with Crippen LogP contribution in [0.1, 0.15) is 168 Å². The molecule has 5 aromatic carbocycles. The first-order valence-corrected chi connectivity index (χ1v) is 26.4. The summed E-state index contributed by atoms with van der Waals surface area (Å²) in [5.74, 6) is 0.496. The van der Waals surface area contributed by atoms with Gasteiger partial charge in [0, 0.05) is 43.2 Å². The van der Waals surface area contributed by atoms with Crippen LogP contribution in [0, 0.1) is 24.7 Å². The maximum atomic E-state index is 2.75. The van der Waals surface area contributed by atoms with Crippen LogP contribution in [0.25, 0.3) is 21.2 Å². The second-order valence-corrected chi connectivity index (χ2v) is 26.1. The summed E-state index contributed by atoms with van der Waals surface area (Å²) >= 11 is 2.08. The van der Waals surface area contributed by atoms with Gasteiger partial charge in [-0.25, -0.2) is 0 Å². The van der Waals surface area contributed by atoms with E-state index in [4.69, 9.17) is 0 Å². The zero-order valence-corrected chi connectivity index (χ0v) is 44.2. The molecule has 0 bridgehead atoms. The summed E-state index contributed by atoms with van der Waals surface area (Å²) in [6.07, 6.45) is 9.85. The smallest absolute Gasteiger partial charge is 0.264 e. The fraction of sp³-hybridized carbons (Fsp3) is 0.429. The van der Waals surface area contributed by atoms with Gasteiger partial charge in [0.05, 0.1) is 11.4 Å². The van der Waals surface area contributed by atoms with E-state index in [-0.39, 0.29) is 33.8 Å². The SMILES string of the molecule is CC1=C(/C=C(\C)N2c3cc(C)cc4c3B(c3cc5c(cc3N4c3ccccc3-c3ccccc3C)C(C)CCC5(C)C)c3sc4cc5c(cc4c32)C(C)(C)CCC5(C)C)C(C)(C)CCC1(C)C. The lowest BCUT2D eigenvalue weighted by Gasteiger charge is -2.46. The average Bonchev–Trinajstić information content (AvgIpc) is 3.64. The third-order valence-electron chi connectivity index (χ3n) is 18.2. The molecule has 2 nitrogen and oxygen atoms in total. The number of allylic oxidation sites excluding steroid dienone is 4. The number of rotatable bonds is 4. The van der Waals surface area contributed by atoms with Crippen LogP contribution in [-0.4, -0.2) is 6.71 Å². The Labute approximate surface area is 407 Å². The quantitative estimate of drug-likeness (QED) is 0.162. The summed E-state index contributed by atoms with van der Waals surface area (Å²) in [5, 5.41) is 1.42. The summed E-state index contributed by atoms with van der Waals surface area (Å²) in [6.45, 7) is 36.9. The van der Waals surface area contributed by atoms with Crippen LogP contribution in [-0.2, 0) is 16.2 Å². The number of thiophene rings is 1. The van der Waals surface area contributed by atoms with Crippen molar-refractivity contribution in [3.05, 3.63) is 141 Å². The van der Waals surface area contributed by atoms with Gasteiger partial charge in [0.15, 0.2) is 0 Å². The van der Waals surface area contributed by atoms with Crippen molar-refractivity contribution in [3.8, 4) is 11.1 Å². The van der Waals surface area contributed by atoms with E-state index in [1.165, 1.54) is 143 Å². The molecule has 1 atom stereocenters. The molecule has 344 valence electrons. The van der Waals surface area contributed by atoms with Gasteiger partial charge < -0.3 is 9.80 Å². The van der Waals surface area contributed by atoms with Gasteiger partial charge in [0.2, 0.25) is 0 Å². The number of para-hydroxylation sites is 1. The number of fused-ring (bicyclic) bond motifs is 8. The second-order valence-electron chi connectivity index (χ2n) is 25.0. The monoisotopic (exact) mass is 901 g/mol. The zero-order chi connectivity index (χ0) is 47.5. The fourth-order valence-electron chi connectivity index (χ4n) is 13.4. The van der Waals surface area contributed by atoms with Gasteiger partial charge in [-0.2, -0.15) is 0 Å². The lowest BCUT2D eigenvalue weighted by molar-refractivity contribution is 0.267. The van der Waals surface area contributed by atoms with Crippen LogP contribution in [0.5, 0.6) is 0 Å². The number of aryl methyl sites for hydroxylation is 2. The normalized spacial score (nSPS) is 21.7. The largest absolute Gasteiger partial charge is 0.314 e. The molecule has 2 aliphatic heterocycles. The Morgan fingerprint density at radius 1 is 0.627 bits per heavy atom. The van der Waals surface area contributed by atoms with Gasteiger partial charge in [0.1, 0.15) is 0 Å². The van der Waals surface area contributed by atoms with Gasteiger partial charge in [-0.3, -0.25) is 0 Å². The highest BCUT2D eigenvalue weighted by Crippen LogP contribution is 2.55. The molecule has 0 amide bonds. The highest BCUT2D eigenvalue weighted by atomic mass is 32.1. The summed E-state index contributed by atoms with van der Waals surface area (Å²) < 4.78 is 2.91. The zero-order valence-electron chi connectivity index (χ0n) is 43.4. The topological polar surface area (TPSA) is 6.48 Å². The van der Waals surface area contributed by atoms with Crippen LogP contribution in [0.4, 0.5) is 28.4 Å². The van der Waals surface area contributed by atoms with E-state index in [2.05, 4.69) is 216 Å². The Morgan fingerprint density at radius 2 is 1.24 bits per heavy atom. The highest BCUT2D eigenvalue weighted by Gasteiger charge is 2.48. The standard InChI is InChI=1S/C63H73BN2S/c1-37-30-53-56-54(31-37)66(51-23-19-18-22-43(51)42-21-17-16-20-38(42)2)52-34-44-39(3)24-25-60(8,9)47(44)35-50(52)64(56)58-57(65(53)40(4)32-46-41(5)59(6,7)26-27-61(46,10)11)45-33-48-49(36-55(45)67-58)63(14,15)29-28-62(48,12)13/h16-23,30-36,39H,24-29H2,1-15H3/b40-32+. The lowest BCUT2D eigenvalue weighted by Crippen LogP contribution is -2.61. The molecule has 3 aliphatic carbocycles. The Kier molecular flexibility index (Phi) is 9.91. The first-order chi connectivity index (χ1) is 31.5.